The lowest BCUT2D eigenvalue weighted by atomic mass is 10.1. The summed E-state index contributed by atoms with van der Waals surface area (Å²) in [7, 11) is 0. The number of fused-ring (bicyclic) bond motifs is 1. The summed E-state index contributed by atoms with van der Waals surface area (Å²) in [6.07, 6.45) is 1.28. The number of benzene rings is 1. The fourth-order valence-electron chi connectivity index (χ4n) is 2.20. The average Bonchev–Trinajstić information content (AvgIpc) is 3.07. The molecule has 0 spiro atoms. The van der Waals surface area contributed by atoms with Crippen LogP contribution in [0.3, 0.4) is 0 Å². The zero-order valence-corrected chi connectivity index (χ0v) is 10.9. The standard InChI is InChI=1S/C13H13N5O2/c1-8(19)18-5-9-2-3-11(4-10(9)6-18)16-13(20)12-14-7-15-17-12/h2-4,7H,5-6H2,1H3,(H,16,20)(H,14,15,17). The Morgan fingerprint density at radius 1 is 1.30 bits per heavy atom. The fourth-order valence-corrected chi connectivity index (χ4v) is 2.20. The number of aromatic amines is 1. The molecular weight excluding hydrogens is 258 g/mol. The Hall–Kier alpha value is -2.70. The SMILES string of the molecule is CC(=O)N1Cc2ccc(NC(=O)c3ncn[nH]3)cc2C1. The second kappa shape index (κ2) is 4.76. The van der Waals surface area contributed by atoms with Crippen molar-refractivity contribution in [2.45, 2.75) is 20.0 Å². The molecule has 0 unspecified atom stereocenters. The minimum Gasteiger partial charge on any atom is -0.334 e. The van der Waals surface area contributed by atoms with Crippen molar-refractivity contribution in [3.63, 3.8) is 0 Å². The molecule has 2 N–H and O–H groups in total. The van der Waals surface area contributed by atoms with Crippen LogP contribution in [0.5, 0.6) is 0 Å². The molecule has 2 aromatic rings. The first-order valence-electron chi connectivity index (χ1n) is 6.17. The summed E-state index contributed by atoms with van der Waals surface area (Å²) in [5.41, 5.74) is 2.84. The van der Waals surface area contributed by atoms with Gasteiger partial charge in [0.05, 0.1) is 0 Å². The molecule has 2 amide bonds. The van der Waals surface area contributed by atoms with Gasteiger partial charge in [-0.05, 0) is 23.3 Å². The van der Waals surface area contributed by atoms with Gasteiger partial charge in [-0.2, -0.15) is 5.10 Å². The summed E-state index contributed by atoms with van der Waals surface area (Å²) in [5.74, 6) is -0.131. The number of hydrogen-bond acceptors (Lipinski definition) is 4. The third-order valence-corrected chi connectivity index (χ3v) is 3.26. The molecule has 2 heterocycles. The van der Waals surface area contributed by atoms with E-state index in [-0.39, 0.29) is 17.6 Å². The Balaban J connectivity index is 1.76. The largest absolute Gasteiger partial charge is 0.334 e. The predicted octanol–water partition coefficient (Wildman–Crippen LogP) is 0.919. The van der Waals surface area contributed by atoms with Crippen LogP contribution in [0.15, 0.2) is 24.5 Å². The molecule has 1 aliphatic rings. The Morgan fingerprint density at radius 3 is 2.80 bits per heavy atom. The number of hydrogen-bond donors (Lipinski definition) is 2. The molecule has 0 fully saturated rings. The highest BCUT2D eigenvalue weighted by Crippen LogP contribution is 2.25. The summed E-state index contributed by atoms with van der Waals surface area (Å²) in [6.45, 7) is 2.76. The smallest absolute Gasteiger partial charge is 0.292 e. The third-order valence-electron chi connectivity index (χ3n) is 3.26. The van der Waals surface area contributed by atoms with E-state index in [1.54, 1.807) is 11.8 Å². The molecule has 0 saturated carbocycles. The van der Waals surface area contributed by atoms with E-state index in [4.69, 9.17) is 0 Å². The van der Waals surface area contributed by atoms with E-state index in [1.807, 2.05) is 18.2 Å². The lowest BCUT2D eigenvalue weighted by Gasteiger charge is -2.11. The maximum absolute atomic E-state index is 11.8. The topological polar surface area (TPSA) is 91.0 Å². The average molecular weight is 271 g/mol. The van der Waals surface area contributed by atoms with Gasteiger partial charge in [-0.15, -0.1) is 0 Å². The van der Waals surface area contributed by atoms with Crippen LogP contribution in [-0.2, 0) is 17.9 Å². The fraction of sp³-hybridized carbons (Fsp3) is 0.231. The Bertz CT molecular complexity index is 665. The van der Waals surface area contributed by atoms with Crippen molar-refractivity contribution >= 4 is 17.5 Å². The molecule has 3 rings (SSSR count). The molecule has 0 atom stereocenters. The van der Waals surface area contributed by atoms with Gasteiger partial charge in [0.1, 0.15) is 6.33 Å². The molecule has 1 aliphatic heterocycles. The monoisotopic (exact) mass is 271 g/mol. The van der Waals surface area contributed by atoms with Crippen molar-refractivity contribution in [3.8, 4) is 0 Å². The van der Waals surface area contributed by atoms with E-state index in [1.165, 1.54) is 6.33 Å². The van der Waals surface area contributed by atoms with E-state index in [9.17, 15) is 9.59 Å². The molecular formula is C13H13N5O2. The molecule has 7 heteroatoms. The number of nitrogens with zero attached hydrogens (tertiary/aromatic N) is 3. The van der Waals surface area contributed by atoms with Crippen LogP contribution in [0.1, 0.15) is 28.7 Å². The van der Waals surface area contributed by atoms with E-state index < -0.39 is 0 Å². The lowest BCUT2D eigenvalue weighted by molar-refractivity contribution is -0.129. The normalized spacial score (nSPS) is 13.2. The number of nitrogens with one attached hydrogen (secondary N) is 2. The summed E-state index contributed by atoms with van der Waals surface area (Å²) >= 11 is 0. The third kappa shape index (κ3) is 2.25. The van der Waals surface area contributed by atoms with Gasteiger partial charge in [-0.3, -0.25) is 14.7 Å². The number of anilines is 1. The number of H-pyrrole nitrogens is 1. The quantitative estimate of drug-likeness (QED) is 0.849. The van der Waals surface area contributed by atoms with E-state index in [0.717, 1.165) is 11.1 Å². The molecule has 1 aromatic heterocycles. The maximum atomic E-state index is 11.8. The number of carbonyl (C=O) groups is 2. The van der Waals surface area contributed by atoms with E-state index in [0.29, 0.717) is 18.8 Å². The van der Waals surface area contributed by atoms with Gasteiger partial charge in [0.2, 0.25) is 11.7 Å². The van der Waals surface area contributed by atoms with Gasteiger partial charge in [0, 0.05) is 25.7 Å². The number of rotatable bonds is 2. The van der Waals surface area contributed by atoms with Crippen molar-refractivity contribution in [3.05, 3.63) is 41.5 Å². The first-order chi connectivity index (χ1) is 9.63. The molecule has 0 bridgehead atoms. The zero-order valence-electron chi connectivity index (χ0n) is 10.9. The Morgan fingerprint density at radius 2 is 2.10 bits per heavy atom. The van der Waals surface area contributed by atoms with Crippen LogP contribution in [0, 0.1) is 0 Å². The van der Waals surface area contributed by atoms with Crippen molar-refractivity contribution in [1.82, 2.24) is 20.1 Å². The second-order valence-electron chi connectivity index (χ2n) is 4.65. The first-order valence-corrected chi connectivity index (χ1v) is 6.17. The number of aromatic nitrogens is 3. The summed E-state index contributed by atoms with van der Waals surface area (Å²) < 4.78 is 0. The minimum absolute atomic E-state index is 0.0495. The summed E-state index contributed by atoms with van der Waals surface area (Å²) in [4.78, 5) is 28.8. The van der Waals surface area contributed by atoms with Crippen LogP contribution >= 0.6 is 0 Å². The lowest BCUT2D eigenvalue weighted by Crippen LogP contribution is -2.21. The highest BCUT2D eigenvalue weighted by molar-refractivity contribution is 6.01. The Labute approximate surface area is 115 Å². The van der Waals surface area contributed by atoms with Crippen LogP contribution in [0.25, 0.3) is 0 Å². The molecule has 102 valence electrons. The van der Waals surface area contributed by atoms with Gasteiger partial charge in [0.15, 0.2) is 0 Å². The number of amides is 2. The zero-order chi connectivity index (χ0) is 14.1. The van der Waals surface area contributed by atoms with Crippen LogP contribution in [0.2, 0.25) is 0 Å². The molecule has 0 saturated heterocycles. The minimum atomic E-state index is -0.344. The van der Waals surface area contributed by atoms with Crippen LogP contribution < -0.4 is 5.32 Å². The van der Waals surface area contributed by atoms with Crippen LogP contribution in [0.4, 0.5) is 5.69 Å². The highest BCUT2D eigenvalue weighted by Gasteiger charge is 2.21. The van der Waals surface area contributed by atoms with Crippen molar-refractivity contribution in [1.29, 1.82) is 0 Å². The van der Waals surface area contributed by atoms with Gasteiger partial charge < -0.3 is 10.2 Å². The molecule has 1 aromatic carbocycles. The second-order valence-corrected chi connectivity index (χ2v) is 4.65. The van der Waals surface area contributed by atoms with Crippen LogP contribution in [-0.4, -0.2) is 31.9 Å². The van der Waals surface area contributed by atoms with Gasteiger partial charge in [-0.25, -0.2) is 4.98 Å². The summed E-state index contributed by atoms with van der Waals surface area (Å²) in [5, 5.41) is 8.88. The molecule has 0 aliphatic carbocycles. The highest BCUT2D eigenvalue weighted by atomic mass is 16.2. The Kier molecular flexibility index (Phi) is 2.94. The van der Waals surface area contributed by atoms with Gasteiger partial charge in [-0.1, -0.05) is 6.07 Å². The van der Waals surface area contributed by atoms with Gasteiger partial charge >= 0.3 is 0 Å². The van der Waals surface area contributed by atoms with Crippen molar-refractivity contribution in [2.75, 3.05) is 5.32 Å². The number of carbonyl (C=O) groups excluding carboxylic acids is 2. The molecule has 20 heavy (non-hydrogen) atoms. The molecule has 0 radical (unpaired) electrons. The van der Waals surface area contributed by atoms with E-state index >= 15 is 0 Å². The predicted molar refractivity (Wildman–Crippen MR) is 70.7 cm³/mol. The maximum Gasteiger partial charge on any atom is 0.292 e. The van der Waals surface area contributed by atoms with Crippen molar-refractivity contribution in [2.24, 2.45) is 0 Å². The van der Waals surface area contributed by atoms with Crippen molar-refractivity contribution < 1.29 is 9.59 Å². The summed E-state index contributed by atoms with van der Waals surface area (Å²) in [6, 6.07) is 5.62. The first kappa shape index (κ1) is 12.3. The molecule has 7 nitrogen and oxygen atoms in total. The van der Waals surface area contributed by atoms with Gasteiger partial charge in [0.25, 0.3) is 5.91 Å². The van der Waals surface area contributed by atoms with E-state index in [2.05, 4.69) is 20.5 Å².